The Morgan fingerprint density at radius 2 is 2.09 bits per heavy atom. The molecule has 0 unspecified atom stereocenters. The van der Waals surface area contributed by atoms with E-state index in [4.69, 9.17) is 0 Å². The molecule has 0 radical (unpaired) electrons. The Labute approximate surface area is 136 Å². The summed E-state index contributed by atoms with van der Waals surface area (Å²) in [7, 11) is 0. The van der Waals surface area contributed by atoms with Crippen LogP contribution in [-0.4, -0.2) is 32.0 Å². The molecular weight excluding hydrogens is 290 g/mol. The summed E-state index contributed by atoms with van der Waals surface area (Å²) in [5.74, 6) is 0.212. The van der Waals surface area contributed by atoms with E-state index >= 15 is 0 Å². The molecule has 0 saturated heterocycles. The van der Waals surface area contributed by atoms with E-state index in [-0.39, 0.29) is 23.8 Å². The maximum absolute atomic E-state index is 12.7. The van der Waals surface area contributed by atoms with Crippen molar-refractivity contribution in [3.05, 3.63) is 47.8 Å². The van der Waals surface area contributed by atoms with Crippen LogP contribution < -0.4 is 0 Å². The van der Waals surface area contributed by atoms with Crippen molar-refractivity contribution in [1.82, 2.24) is 15.0 Å². The molecule has 5 heteroatoms. The van der Waals surface area contributed by atoms with Crippen LogP contribution in [0.1, 0.15) is 43.9 Å². The molecule has 0 bridgehead atoms. The molecule has 1 aromatic carbocycles. The largest absolute Gasteiger partial charge is 0.393 e. The fraction of sp³-hybridized carbons (Fsp3) is 0.500. The van der Waals surface area contributed by atoms with Crippen LogP contribution in [0.4, 0.5) is 0 Å². The summed E-state index contributed by atoms with van der Waals surface area (Å²) in [6.45, 7) is 2.06. The summed E-state index contributed by atoms with van der Waals surface area (Å²) in [6, 6.07) is 10.0. The molecule has 0 spiro atoms. The van der Waals surface area contributed by atoms with Gasteiger partial charge in [-0.25, -0.2) is 4.68 Å². The van der Waals surface area contributed by atoms with Gasteiger partial charge in [-0.15, -0.1) is 5.10 Å². The number of carbonyl (C=O) groups is 1. The molecule has 122 valence electrons. The first-order chi connectivity index (χ1) is 11.1. The third-order valence-corrected chi connectivity index (χ3v) is 4.56. The van der Waals surface area contributed by atoms with E-state index in [0.717, 1.165) is 43.4 Å². The van der Waals surface area contributed by atoms with Crippen LogP contribution in [-0.2, 0) is 23.2 Å². The second-order valence-electron chi connectivity index (χ2n) is 6.52. The van der Waals surface area contributed by atoms with Gasteiger partial charge in [-0.05, 0) is 44.6 Å². The monoisotopic (exact) mass is 313 g/mol. The lowest BCUT2D eigenvalue weighted by Crippen LogP contribution is -2.25. The number of hydrogen-bond acceptors (Lipinski definition) is 4. The van der Waals surface area contributed by atoms with E-state index in [1.807, 2.05) is 36.5 Å². The topological polar surface area (TPSA) is 68.0 Å². The van der Waals surface area contributed by atoms with E-state index in [2.05, 4.69) is 10.3 Å². The molecule has 1 saturated carbocycles. The minimum Gasteiger partial charge on any atom is -0.393 e. The van der Waals surface area contributed by atoms with Crippen LogP contribution in [0.25, 0.3) is 0 Å². The normalized spacial score (nSPS) is 17.0. The number of aliphatic hydroxyl groups excluding tert-OH is 1. The molecule has 23 heavy (non-hydrogen) atoms. The minimum absolute atomic E-state index is 0.212. The highest BCUT2D eigenvalue weighted by Gasteiger charge is 2.50. The highest BCUT2D eigenvalue weighted by molar-refractivity contribution is 5.92. The van der Waals surface area contributed by atoms with Crippen molar-refractivity contribution < 1.29 is 9.90 Å². The molecule has 3 rings (SSSR count). The van der Waals surface area contributed by atoms with Crippen LogP contribution in [0, 0.1) is 0 Å². The van der Waals surface area contributed by atoms with Crippen LogP contribution in [0.2, 0.25) is 0 Å². The van der Waals surface area contributed by atoms with Crippen molar-refractivity contribution in [2.75, 3.05) is 0 Å². The predicted octanol–water partition coefficient (Wildman–Crippen LogP) is 2.28. The van der Waals surface area contributed by atoms with Crippen molar-refractivity contribution in [3.63, 3.8) is 0 Å². The number of Topliss-reactive ketones (excluding diaryl/α,β-unsaturated/α-hetero) is 1. The third kappa shape index (κ3) is 3.67. The smallest absolute Gasteiger partial charge is 0.164 e. The molecule has 1 aliphatic rings. The van der Waals surface area contributed by atoms with Gasteiger partial charge in [-0.1, -0.05) is 35.5 Å². The van der Waals surface area contributed by atoms with E-state index < -0.39 is 0 Å². The molecule has 1 aliphatic carbocycles. The zero-order valence-electron chi connectivity index (χ0n) is 13.5. The lowest BCUT2D eigenvalue weighted by molar-refractivity contribution is -0.122. The van der Waals surface area contributed by atoms with Crippen LogP contribution >= 0.6 is 0 Å². The highest BCUT2D eigenvalue weighted by Crippen LogP contribution is 2.49. The second-order valence-corrected chi connectivity index (χ2v) is 6.52. The number of aliphatic hydroxyl groups is 1. The number of ketones is 1. The van der Waals surface area contributed by atoms with Crippen molar-refractivity contribution in [2.45, 2.75) is 57.1 Å². The lowest BCUT2D eigenvalue weighted by atomic mass is 9.91. The third-order valence-electron chi connectivity index (χ3n) is 4.56. The van der Waals surface area contributed by atoms with Crippen LogP contribution in [0.3, 0.4) is 0 Å². The Morgan fingerprint density at radius 1 is 1.35 bits per heavy atom. The van der Waals surface area contributed by atoms with Gasteiger partial charge in [0.2, 0.25) is 0 Å². The molecule has 1 aromatic heterocycles. The molecule has 1 fully saturated rings. The molecule has 1 heterocycles. The van der Waals surface area contributed by atoms with Gasteiger partial charge in [0.25, 0.3) is 0 Å². The van der Waals surface area contributed by atoms with E-state index in [0.29, 0.717) is 0 Å². The molecule has 5 nitrogen and oxygen atoms in total. The summed E-state index contributed by atoms with van der Waals surface area (Å²) in [5, 5.41) is 17.5. The number of carbonyl (C=O) groups excluding carboxylic acids is 1. The first kappa shape index (κ1) is 15.9. The van der Waals surface area contributed by atoms with E-state index in [1.54, 1.807) is 11.6 Å². The van der Waals surface area contributed by atoms with Crippen molar-refractivity contribution in [2.24, 2.45) is 0 Å². The number of nitrogens with zero attached hydrogens (tertiary/aromatic N) is 3. The fourth-order valence-electron chi connectivity index (χ4n) is 3.02. The molecular formula is C18H23N3O2. The molecule has 1 atom stereocenters. The van der Waals surface area contributed by atoms with Gasteiger partial charge in [0, 0.05) is 6.20 Å². The Kier molecular flexibility index (Phi) is 4.57. The maximum atomic E-state index is 12.7. The quantitative estimate of drug-likeness (QED) is 0.812. The lowest BCUT2D eigenvalue weighted by Gasteiger charge is -2.14. The highest BCUT2D eigenvalue weighted by atomic mass is 16.3. The molecule has 0 aliphatic heterocycles. The van der Waals surface area contributed by atoms with Gasteiger partial charge in [-0.2, -0.15) is 0 Å². The average Bonchev–Trinajstić information content (AvgIpc) is 3.24. The first-order valence-electron chi connectivity index (χ1n) is 8.26. The van der Waals surface area contributed by atoms with Crippen LogP contribution in [0.5, 0.6) is 0 Å². The zero-order chi connectivity index (χ0) is 16.3. The predicted molar refractivity (Wildman–Crippen MR) is 87.0 cm³/mol. The summed E-state index contributed by atoms with van der Waals surface area (Å²) >= 11 is 0. The Bertz CT molecular complexity index is 660. The van der Waals surface area contributed by atoms with Gasteiger partial charge in [-0.3, -0.25) is 4.79 Å². The fourth-order valence-corrected chi connectivity index (χ4v) is 3.02. The van der Waals surface area contributed by atoms with Crippen molar-refractivity contribution in [3.8, 4) is 0 Å². The van der Waals surface area contributed by atoms with E-state index in [9.17, 15) is 9.90 Å². The Balaban J connectivity index is 1.60. The average molecular weight is 313 g/mol. The SMILES string of the molecule is C[C@@H](O)CCCc1cn(CC(=O)C2(c3ccccc3)CC2)nn1. The van der Waals surface area contributed by atoms with Gasteiger partial charge < -0.3 is 5.11 Å². The van der Waals surface area contributed by atoms with Crippen LogP contribution in [0.15, 0.2) is 36.5 Å². The van der Waals surface area contributed by atoms with Gasteiger partial charge in [0.1, 0.15) is 6.54 Å². The van der Waals surface area contributed by atoms with Gasteiger partial charge >= 0.3 is 0 Å². The van der Waals surface area contributed by atoms with Crippen molar-refractivity contribution >= 4 is 5.78 Å². The summed E-state index contributed by atoms with van der Waals surface area (Å²) in [5.41, 5.74) is 1.69. The summed E-state index contributed by atoms with van der Waals surface area (Å²) in [6.07, 6.45) is 5.81. The van der Waals surface area contributed by atoms with Gasteiger partial charge in [0.05, 0.1) is 17.2 Å². The summed E-state index contributed by atoms with van der Waals surface area (Å²) < 4.78 is 1.64. The first-order valence-corrected chi connectivity index (χ1v) is 8.26. The number of aryl methyl sites for hydroxylation is 1. The Morgan fingerprint density at radius 3 is 2.74 bits per heavy atom. The summed E-state index contributed by atoms with van der Waals surface area (Å²) in [4.78, 5) is 12.7. The maximum Gasteiger partial charge on any atom is 0.164 e. The number of aromatic nitrogens is 3. The number of hydrogen-bond donors (Lipinski definition) is 1. The molecule has 2 aromatic rings. The standard InChI is InChI=1S/C18H23N3O2/c1-14(22)6-5-9-16-12-21(20-19-16)13-17(23)18(10-11-18)15-7-3-2-4-8-15/h2-4,7-8,12,14,22H,5-6,9-11,13H2,1H3/t14-/m1/s1. The zero-order valence-corrected chi connectivity index (χ0v) is 13.5. The Hall–Kier alpha value is -2.01. The van der Waals surface area contributed by atoms with Crippen molar-refractivity contribution in [1.29, 1.82) is 0 Å². The van der Waals surface area contributed by atoms with E-state index in [1.165, 1.54) is 0 Å². The molecule has 0 amide bonds. The minimum atomic E-state index is -0.306. The molecule has 1 N–H and O–H groups in total. The number of benzene rings is 1. The number of rotatable bonds is 8. The second kappa shape index (κ2) is 6.62. The van der Waals surface area contributed by atoms with Gasteiger partial charge in [0.15, 0.2) is 5.78 Å².